The molecule has 1 aliphatic heterocycles. The normalized spacial score (nSPS) is 21.8. The van der Waals surface area contributed by atoms with Crippen LogP contribution in [0.3, 0.4) is 0 Å². The van der Waals surface area contributed by atoms with Gasteiger partial charge in [-0.05, 0) is 43.2 Å². The average molecular weight is 311 g/mol. The van der Waals surface area contributed by atoms with Gasteiger partial charge < -0.3 is 4.74 Å². The second kappa shape index (κ2) is 7.30. The molecule has 100 valence electrons. The van der Waals surface area contributed by atoms with Crippen LogP contribution in [0.25, 0.3) is 0 Å². The van der Waals surface area contributed by atoms with Crippen LogP contribution in [0.2, 0.25) is 0 Å². The highest BCUT2D eigenvalue weighted by molar-refractivity contribution is 9.09. The lowest BCUT2D eigenvalue weighted by Gasteiger charge is -2.27. The van der Waals surface area contributed by atoms with Crippen molar-refractivity contribution < 1.29 is 4.74 Å². The molecule has 1 aromatic rings. The molecule has 1 aliphatic rings. The summed E-state index contributed by atoms with van der Waals surface area (Å²) < 4.78 is 5.84. The van der Waals surface area contributed by atoms with Crippen LogP contribution in [-0.2, 0) is 11.2 Å². The molecule has 1 heterocycles. The molecule has 2 rings (SSSR count). The van der Waals surface area contributed by atoms with E-state index in [4.69, 9.17) is 4.74 Å². The molecule has 0 N–H and O–H groups in total. The van der Waals surface area contributed by atoms with E-state index in [0.717, 1.165) is 6.61 Å². The number of hydrogen-bond donors (Lipinski definition) is 0. The van der Waals surface area contributed by atoms with Crippen LogP contribution < -0.4 is 0 Å². The van der Waals surface area contributed by atoms with Gasteiger partial charge in [-0.1, -0.05) is 53.5 Å². The first kappa shape index (κ1) is 14.1. The molecule has 0 aliphatic carbocycles. The molecule has 1 aromatic carbocycles. The zero-order valence-corrected chi connectivity index (χ0v) is 12.8. The molecule has 2 atom stereocenters. The minimum absolute atomic E-state index is 0.345. The van der Waals surface area contributed by atoms with E-state index in [2.05, 4.69) is 47.1 Å². The van der Waals surface area contributed by atoms with Gasteiger partial charge in [0.2, 0.25) is 0 Å². The fourth-order valence-electron chi connectivity index (χ4n) is 2.46. The number of rotatable bonds is 5. The summed E-state index contributed by atoms with van der Waals surface area (Å²) in [7, 11) is 0. The van der Waals surface area contributed by atoms with Gasteiger partial charge in [0, 0.05) is 6.61 Å². The van der Waals surface area contributed by atoms with E-state index in [0.29, 0.717) is 10.9 Å². The molecule has 2 unspecified atom stereocenters. The Bertz CT molecular complexity index is 341. The van der Waals surface area contributed by atoms with Crippen LogP contribution in [0, 0.1) is 0 Å². The average Bonchev–Trinajstić information content (AvgIpc) is 2.46. The number of ether oxygens (including phenoxy) is 1. The van der Waals surface area contributed by atoms with E-state index in [1.807, 2.05) is 0 Å². The van der Waals surface area contributed by atoms with Crippen molar-refractivity contribution in [3.8, 4) is 0 Å². The van der Waals surface area contributed by atoms with Crippen molar-refractivity contribution in [2.45, 2.75) is 56.4 Å². The zero-order chi connectivity index (χ0) is 12.8. The first-order chi connectivity index (χ1) is 8.81. The first-order valence-corrected chi connectivity index (χ1v) is 8.07. The number of halogens is 1. The third kappa shape index (κ3) is 3.83. The Kier molecular flexibility index (Phi) is 5.71. The monoisotopic (exact) mass is 310 g/mol. The van der Waals surface area contributed by atoms with Gasteiger partial charge in [-0.25, -0.2) is 0 Å². The number of hydrogen-bond acceptors (Lipinski definition) is 1. The van der Waals surface area contributed by atoms with Crippen LogP contribution in [-0.4, -0.2) is 12.7 Å². The highest BCUT2D eigenvalue weighted by atomic mass is 79.9. The van der Waals surface area contributed by atoms with E-state index in [9.17, 15) is 0 Å². The van der Waals surface area contributed by atoms with Crippen LogP contribution in [0.1, 0.15) is 55.0 Å². The fourth-order valence-corrected chi connectivity index (χ4v) is 3.18. The Morgan fingerprint density at radius 2 is 2.06 bits per heavy atom. The second-order valence-electron chi connectivity index (χ2n) is 5.15. The van der Waals surface area contributed by atoms with Gasteiger partial charge in [-0.3, -0.25) is 0 Å². The van der Waals surface area contributed by atoms with Crippen LogP contribution in [0.15, 0.2) is 24.3 Å². The number of alkyl halides is 1. The zero-order valence-electron chi connectivity index (χ0n) is 11.2. The summed E-state index contributed by atoms with van der Waals surface area (Å²) in [4.78, 5) is 0.345. The molecule has 1 fully saturated rings. The summed E-state index contributed by atoms with van der Waals surface area (Å²) in [6.45, 7) is 3.16. The maximum Gasteiger partial charge on any atom is 0.0740 e. The van der Waals surface area contributed by atoms with Crippen LogP contribution in [0.4, 0.5) is 0 Å². The van der Waals surface area contributed by atoms with Crippen molar-refractivity contribution in [2.24, 2.45) is 0 Å². The summed E-state index contributed by atoms with van der Waals surface area (Å²) in [6, 6.07) is 9.04. The Morgan fingerprint density at radius 1 is 1.28 bits per heavy atom. The quantitative estimate of drug-likeness (QED) is 0.693. The van der Waals surface area contributed by atoms with Gasteiger partial charge in [0.05, 0.1) is 10.9 Å². The molecule has 0 amide bonds. The smallest absolute Gasteiger partial charge is 0.0740 e. The Labute approximate surface area is 119 Å². The van der Waals surface area contributed by atoms with E-state index in [1.54, 1.807) is 0 Å². The molecule has 0 bridgehead atoms. The minimum atomic E-state index is 0.345. The van der Waals surface area contributed by atoms with Gasteiger partial charge in [0.15, 0.2) is 0 Å². The van der Waals surface area contributed by atoms with Gasteiger partial charge in [0.1, 0.15) is 0 Å². The summed E-state index contributed by atoms with van der Waals surface area (Å²) in [5.74, 6) is 0. The molecule has 1 saturated heterocycles. The Morgan fingerprint density at radius 3 is 2.67 bits per heavy atom. The molecular formula is C16H23BrO. The minimum Gasteiger partial charge on any atom is -0.377 e. The van der Waals surface area contributed by atoms with Crippen molar-refractivity contribution in [1.29, 1.82) is 0 Å². The SMILES string of the molecule is CCCCc1ccc(C(Br)C2CCCCO2)cc1. The van der Waals surface area contributed by atoms with Crippen molar-refractivity contribution in [3.05, 3.63) is 35.4 Å². The van der Waals surface area contributed by atoms with Crippen LogP contribution >= 0.6 is 15.9 Å². The molecular weight excluding hydrogens is 288 g/mol. The lowest BCUT2D eigenvalue weighted by atomic mass is 9.99. The van der Waals surface area contributed by atoms with Gasteiger partial charge in [-0.2, -0.15) is 0 Å². The highest BCUT2D eigenvalue weighted by Crippen LogP contribution is 2.33. The predicted molar refractivity (Wildman–Crippen MR) is 80.3 cm³/mol. The Hall–Kier alpha value is -0.340. The summed E-state index contributed by atoms with van der Waals surface area (Å²) in [6.07, 6.45) is 7.77. The predicted octanol–water partition coefficient (Wildman–Crippen LogP) is 5.03. The van der Waals surface area contributed by atoms with Gasteiger partial charge in [0.25, 0.3) is 0 Å². The topological polar surface area (TPSA) is 9.23 Å². The van der Waals surface area contributed by atoms with Crippen molar-refractivity contribution in [1.82, 2.24) is 0 Å². The second-order valence-corrected chi connectivity index (χ2v) is 6.14. The third-order valence-corrected chi connectivity index (χ3v) is 4.78. The van der Waals surface area contributed by atoms with Gasteiger partial charge >= 0.3 is 0 Å². The van der Waals surface area contributed by atoms with Crippen molar-refractivity contribution in [3.63, 3.8) is 0 Å². The lowest BCUT2D eigenvalue weighted by molar-refractivity contribution is 0.0160. The van der Waals surface area contributed by atoms with E-state index in [-0.39, 0.29) is 0 Å². The highest BCUT2D eigenvalue weighted by Gasteiger charge is 2.23. The number of aryl methyl sites for hydroxylation is 1. The fraction of sp³-hybridized carbons (Fsp3) is 0.625. The molecule has 18 heavy (non-hydrogen) atoms. The molecule has 0 radical (unpaired) electrons. The molecule has 0 saturated carbocycles. The van der Waals surface area contributed by atoms with Crippen molar-refractivity contribution >= 4 is 15.9 Å². The molecule has 1 nitrogen and oxygen atoms in total. The largest absolute Gasteiger partial charge is 0.377 e. The van der Waals surface area contributed by atoms with Crippen molar-refractivity contribution in [2.75, 3.05) is 6.61 Å². The maximum absolute atomic E-state index is 5.84. The van der Waals surface area contributed by atoms with E-state index >= 15 is 0 Å². The summed E-state index contributed by atoms with van der Waals surface area (Å²) >= 11 is 3.80. The number of benzene rings is 1. The molecule has 2 heteroatoms. The summed E-state index contributed by atoms with van der Waals surface area (Å²) in [5.41, 5.74) is 2.80. The van der Waals surface area contributed by atoms with E-state index < -0.39 is 0 Å². The third-order valence-electron chi connectivity index (χ3n) is 3.66. The van der Waals surface area contributed by atoms with Crippen LogP contribution in [0.5, 0.6) is 0 Å². The lowest BCUT2D eigenvalue weighted by Crippen LogP contribution is -2.23. The standard InChI is InChI=1S/C16H23BrO/c1-2-3-6-13-8-10-14(11-9-13)16(17)15-7-4-5-12-18-15/h8-11,15-16H,2-7,12H2,1H3. The Balaban J connectivity index is 1.95. The molecule has 0 aromatic heterocycles. The summed E-state index contributed by atoms with van der Waals surface area (Å²) in [5, 5.41) is 0. The van der Waals surface area contributed by atoms with E-state index in [1.165, 1.54) is 49.7 Å². The first-order valence-electron chi connectivity index (χ1n) is 7.15. The van der Waals surface area contributed by atoms with Gasteiger partial charge in [-0.15, -0.1) is 0 Å². The maximum atomic E-state index is 5.84. The molecule has 0 spiro atoms. The number of unbranched alkanes of at least 4 members (excludes halogenated alkanes) is 1.